The Labute approximate surface area is 78.1 Å². The van der Waals surface area contributed by atoms with Crippen molar-refractivity contribution in [1.29, 1.82) is 0 Å². The highest BCUT2D eigenvalue weighted by atomic mass is 16.1. The highest BCUT2D eigenvalue weighted by Crippen LogP contribution is 1.95. The molecular formula is C10H14N2O. The van der Waals surface area contributed by atoms with Gasteiger partial charge in [-0.05, 0) is 12.5 Å². The first-order valence-electron chi connectivity index (χ1n) is 4.28. The van der Waals surface area contributed by atoms with Crippen LogP contribution in [0.15, 0.2) is 30.3 Å². The molecule has 3 nitrogen and oxygen atoms in total. The Morgan fingerprint density at radius 3 is 2.54 bits per heavy atom. The number of carbonyl (C=O) groups excluding carboxylic acids is 1. The molecule has 1 rings (SSSR count). The highest BCUT2D eigenvalue weighted by Gasteiger charge is 1.91. The normalized spacial score (nSPS) is 9.92. The summed E-state index contributed by atoms with van der Waals surface area (Å²) in [5.74, 6) is 0.126. The third-order valence-corrected chi connectivity index (χ3v) is 1.60. The molecule has 0 unspecified atom stereocenters. The standard InChI is InChI=1S/C10H14N2O/c1-9(13)7-11-12-8-10-5-3-2-4-6-10/h2-6,11-12H,7-8H2,1H3. The minimum Gasteiger partial charge on any atom is -0.299 e. The Balaban J connectivity index is 2.17. The largest absolute Gasteiger partial charge is 0.299 e. The van der Waals surface area contributed by atoms with Crippen LogP contribution in [0.2, 0.25) is 0 Å². The van der Waals surface area contributed by atoms with E-state index >= 15 is 0 Å². The molecule has 0 saturated heterocycles. The van der Waals surface area contributed by atoms with Crippen LogP contribution >= 0.6 is 0 Å². The molecule has 2 N–H and O–H groups in total. The summed E-state index contributed by atoms with van der Waals surface area (Å²) in [6.07, 6.45) is 0. The van der Waals surface area contributed by atoms with Crippen molar-refractivity contribution in [2.24, 2.45) is 0 Å². The molecule has 0 amide bonds. The van der Waals surface area contributed by atoms with Gasteiger partial charge in [0.15, 0.2) is 0 Å². The van der Waals surface area contributed by atoms with Crippen LogP contribution in [0.25, 0.3) is 0 Å². The van der Waals surface area contributed by atoms with Gasteiger partial charge >= 0.3 is 0 Å². The van der Waals surface area contributed by atoms with Gasteiger partial charge in [-0.25, -0.2) is 0 Å². The minimum atomic E-state index is 0.126. The summed E-state index contributed by atoms with van der Waals surface area (Å²) in [7, 11) is 0. The molecule has 1 aromatic carbocycles. The summed E-state index contributed by atoms with van der Waals surface area (Å²) >= 11 is 0. The van der Waals surface area contributed by atoms with Crippen molar-refractivity contribution < 1.29 is 4.79 Å². The van der Waals surface area contributed by atoms with E-state index in [0.717, 1.165) is 6.54 Å². The molecule has 13 heavy (non-hydrogen) atoms. The maximum atomic E-state index is 10.6. The van der Waals surface area contributed by atoms with Gasteiger partial charge in [-0.1, -0.05) is 30.3 Å². The van der Waals surface area contributed by atoms with Crippen LogP contribution < -0.4 is 10.9 Å². The number of hydrogen-bond donors (Lipinski definition) is 2. The predicted octanol–water partition coefficient (Wildman–Crippen LogP) is 0.870. The fourth-order valence-corrected chi connectivity index (χ4v) is 0.947. The topological polar surface area (TPSA) is 41.1 Å². The molecule has 0 aliphatic carbocycles. The van der Waals surface area contributed by atoms with Crippen molar-refractivity contribution >= 4 is 5.78 Å². The molecule has 0 aliphatic heterocycles. The lowest BCUT2D eigenvalue weighted by atomic mass is 10.2. The van der Waals surface area contributed by atoms with E-state index in [2.05, 4.69) is 10.9 Å². The van der Waals surface area contributed by atoms with Crippen molar-refractivity contribution in [3.05, 3.63) is 35.9 Å². The Hall–Kier alpha value is -1.19. The number of ketones is 1. The molecule has 0 fully saturated rings. The maximum Gasteiger partial charge on any atom is 0.144 e. The van der Waals surface area contributed by atoms with Crippen LogP contribution in [0, 0.1) is 0 Å². The summed E-state index contributed by atoms with van der Waals surface area (Å²) < 4.78 is 0. The van der Waals surface area contributed by atoms with E-state index in [9.17, 15) is 4.79 Å². The fourth-order valence-electron chi connectivity index (χ4n) is 0.947. The number of hydrogen-bond acceptors (Lipinski definition) is 3. The Kier molecular flexibility index (Phi) is 4.15. The Bertz CT molecular complexity index is 259. The van der Waals surface area contributed by atoms with Crippen molar-refractivity contribution in [1.82, 2.24) is 10.9 Å². The van der Waals surface area contributed by atoms with E-state index in [1.807, 2.05) is 30.3 Å². The van der Waals surface area contributed by atoms with Gasteiger partial charge in [0, 0.05) is 6.54 Å². The average Bonchev–Trinajstić information content (AvgIpc) is 2.14. The quantitative estimate of drug-likeness (QED) is 0.519. The number of hydrazine groups is 1. The molecule has 1 aromatic rings. The number of carbonyl (C=O) groups is 1. The second kappa shape index (κ2) is 5.45. The zero-order valence-electron chi connectivity index (χ0n) is 7.71. The first-order valence-corrected chi connectivity index (χ1v) is 4.28. The summed E-state index contributed by atoms with van der Waals surface area (Å²) in [5, 5.41) is 0. The molecule has 0 aromatic heterocycles. The summed E-state index contributed by atoms with van der Waals surface area (Å²) in [4.78, 5) is 10.6. The van der Waals surface area contributed by atoms with E-state index in [1.165, 1.54) is 5.56 Å². The van der Waals surface area contributed by atoms with Crippen LogP contribution in [-0.4, -0.2) is 12.3 Å². The lowest BCUT2D eigenvalue weighted by Crippen LogP contribution is -2.34. The molecule has 0 saturated carbocycles. The first kappa shape index (κ1) is 9.89. The summed E-state index contributed by atoms with van der Waals surface area (Å²) in [6, 6.07) is 10.0. The second-order valence-corrected chi connectivity index (χ2v) is 2.89. The van der Waals surface area contributed by atoms with Gasteiger partial charge in [-0.2, -0.15) is 0 Å². The molecule has 0 heterocycles. The Morgan fingerprint density at radius 1 is 1.23 bits per heavy atom. The molecule has 0 aliphatic rings. The monoisotopic (exact) mass is 178 g/mol. The van der Waals surface area contributed by atoms with Gasteiger partial charge in [-0.3, -0.25) is 15.6 Å². The van der Waals surface area contributed by atoms with Crippen molar-refractivity contribution in [3.8, 4) is 0 Å². The van der Waals surface area contributed by atoms with Crippen LogP contribution in [0.4, 0.5) is 0 Å². The molecule has 0 atom stereocenters. The molecule has 70 valence electrons. The van der Waals surface area contributed by atoms with E-state index < -0.39 is 0 Å². The minimum absolute atomic E-state index is 0.126. The van der Waals surface area contributed by atoms with Gasteiger partial charge in [0.25, 0.3) is 0 Å². The van der Waals surface area contributed by atoms with Crippen molar-refractivity contribution in [3.63, 3.8) is 0 Å². The smallest absolute Gasteiger partial charge is 0.144 e. The molecule has 0 radical (unpaired) electrons. The van der Waals surface area contributed by atoms with Crippen molar-refractivity contribution in [2.45, 2.75) is 13.5 Å². The first-order chi connectivity index (χ1) is 6.29. The van der Waals surface area contributed by atoms with Gasteiger partial charge in [0.2, 0.25) is 0 Å². The van der Waals surface area contributed by atoms with Crippen molar-refractivity contribution in [2.75, 3.05) is 6.54 Å². The van der Waals surface area contributed by atoms with Crippen LogP contribution in [0.5, 0.6) is 0 Å². The third-order valence-electron chi connectivity index (χ3n) is 1.60. The maximum absolute atomic E-state index is 10.6. The van der Waals surface area contributed by atoms with Gasteiger partial charge in [0.05, 0.1) is 6.54 Å². The summed E-state index contributed by atoms with van der Waals surface area (Å²) in [5.41, 5.74) is 6.99. The fraction of sp³-hybridized carbons (Fsp3) is 0.300. The number of rotatable bonds is 5. The van der Waals surface area contributed by atoms with E-state index in [-0.39, 0.29) is 5.78 Å². The third kappa shape index (κ3) is 4.40. The lowest BCUT2D eigenvalue weighted by Gasteiger charge is -2.04. The zero-order chi connectivity index (χ0) is 9.52. The number of nitrogens with one attached hydrogen (secondary N) is 2. The molecular weight excluding hydrogens is 164 g/mol. The van der Waals surface area contributed by atoms with E-state index in [0.29, 0.717) is 6.54 Å². The highest BCUT2D eigenvalue weighted by molar-refractivity contribution is 5.77. The molecule has 0 bridgehead atoms. The molecule has 0 spiro atoms. The lowest BCUT2D eigenvalue weighted by molar-refractivity contribution is -0.116. The van der Waals surface area contributed by atoms with Gasteiger partial charge < -0.3 is 0 Å². The van der Waals surface area contributed by atoms with E-state index in [1.54, 1.807) is 6.92 Å². The van der Waals surface area contributed by atoms with E-state index in [4.69, 9.17) is 0 Å². The van der Waals surface area contributed by atoms with Gasteiger partial charge in [-0.15, -0.1) is 0 Å². The van der Waals surface area contributed by atoms with Crippen LogP contribution in [0.1, 0.15) is 12.5 Å². The zero-order valence-corrected chi connectivity index (χ0v) is 7.71. The second-order valence-electron chi connectivity index (χ2n) is 2.89. The number of Topliss-reactive ketones (excluding diaryl/α,β-unsaturated/α-hetero) is 1. The van der Waals surface area contributed by atoms with Crippen LogP contribution in [-0.2, 0) is 11.3 Å². The SMILES string of the molecule is CC(=O)CNNCc1ccccc1. The molecule has 3 heteroatoms. The number of benzene rings is 1. The summed E-state index contributed by atoms with van der Waals surface area (Å²) in [6.45, 7) is 2.65. The van der Waals surface area contributed by atoms with Crippen LogP contribution in [0.3, 0.4) is 0 Å². The predicted molar refractivity (Wildman–Crippen MR) is 52.0 cm³/mol. The van der Waals surface area contributed by atoms with Gasteiger partial charge in [0.1, 0.15) is 5.78 Å². The average molecular weight is 178 g/mol. The Morgan fingerprint density at radius 2 is 1.92 bits per heavy atom.